The Balaban J connectivity index is 2.43. The second-order valence-corrected chi connectivity index (χ2v) is 4.52. The number of nitrogens with one attached hydrogen (secondary N) is 1. The molecule has 1 N–H and O–H groups in total. The van der Waals surface area contributed by atoms with E-state index in [2.05, 4.69) is 31.0 Å². The molecule has 0 saturated heterocycles. The van der Waals surface area contributed by atoms with Crippen molar-refractivity contribution in [2.45, 2.75) is 19.8 Å². The van der Waals surface area contributed by atoms with Crippen LogP contribution in [0.5, 0.6) is 0 Å². The monoisotopic (exact) mass is 238 g/mol. The maximum absolute atomic E-state index is 11.3. The van der Waals surface area contributed by atoms with Crippen LogP contribution < -0.4 is 5.56 Å². The molecule has 90 valence electrons. The molecule has 2 aromatic rings. The molecule has 0 radical (unpaired) electrons. The molecule has 1 aromatic heterocycles. The van der Waals surface area contributed by atoms with Gasteiger partial charge >= 0.3 is 0 Å². The van der Waals surface area contributed by atoms with Crippen LogP contribution in [0.2, 0.25) is 0 Å². The summed E-state index contributed by atoms with van der Waals surface area (Å²) in [5.74, 6) is 0.490. The summed E-state index contributed by atoms with van der Waals surface area (Å²) in [5, 5.41) is 8.84. The minimum absolute atomic E-state index is 0.139. The minimum Gasteiger partial charge on any atom is -0.327 e. The molecular formula is C15H14N2O. The van der Waals surface area contributed by atoms with Gasteiger partial charge in [0.1, 0.15) is 11.6 Å². The smallest absolute Gasteiger partial charge is 0.265 e. The second kappa shape index (κ2) is 4.89. The standard InChI is InChI=1S/C15H14N2O/c1-10(2)11-3-5-12(6-4-11)14-7-13(8-16)15(18)17-9-14/h3-7,9-10H,1-2H3,(H,17,18). The molecule has 0 aliphatic rings. The number of rotatable bonds is 2. The van der Waals surface area contributed by atoms with Gasteiger partial charge in [-0.25, -0.2) is 0 Å². The predicted molar refractivity (Wildman–Crippen MR) is 71.3 cm³/mol. The van der Waals surface area contributed by atoms with E-state index in [4.69, 9.17) is 5.26 Å². The van der Waals surface area contributed by atoms with Gasteiger partial charge in [0, 0.05) is 6.20 Å². The molecule has 0 atom stereocenters. The Hall–Kier alpha value is -2.34. The summed E-state index contributed by atoms with van der Waals surface area (Å²) < 4.78 is 0. The summed E-state index contributed by atoms with van der Waals surface area (Å²) in [7, 11) is 0. The van der Waals surface area contributed by atoms with Crippen LogP contribution in [0.25, 0.3) is 11.1 Å². The molecule has 0 fully saturated rings. The highest BCUT2D eigenvalue weighted by atomic mass is 16.1. The van der Waals surface area contributed by atoms with Gasteiger partial charge in [0.15, 0.2) is 0 Å². The number of aromatic nitrogens is 1. The highest BCUT2D eigenvalue weighted by Gasteiger charge is 2.04. The average molecular weight is 238 g/mol. The molecule has 0 aliphatic carbocycles. The van der Waals surface area contributed by atoms with E-state index in [0.717, 1.165) is 11.1 Å². The van der Waals surface area contributed by atoms with E-state index >= 15 is 0 Å². The lowest BCUT2D eigenvalue weighted by atomic mass is 9.99. The number of nitriles is 1. The van der Waals surface area contributed by atoms with Gasteiger partial charge in [-0.05, 0) is 28.7 Å². The molecule has 0 bridgehead atoms. The van der Waals surface area contributed by atoms with Crippen molar-refractivity contribution >= 4 is 0 Å². The number of nitrogens with zero attached hydrogens (tertiary/aromatic N) is 1. The third kappa shape index (κ3) is 2.33. The SMILES string of the molecule is CC(C)c1ccc(-c2c[nH]c(=O)c(C#N)c2)cc1. The van der Waals surface area contributed by atoms with Gasteiger partial charge in [0.2, 0.25) is 0 Å². The Morgan fingerprint density at radius 1 is 1.17 bits per heavy atom. The van der Waals surface area contributed by atoms with Gasteiger partial charge in [-0.1, -0.05) is 38.1 Å². The van der Waals surface area contributed by atoms with Crippen molar-refractivity contribution in [1.29, 1.82) is 5.26 Å². The van der Waals surface area contributed by atoms with Crippen molar-refractivity contribution in [3.8, 4) is 17.2 Å². The van der Waals surface area contributed by atoms with Crippen LogP contribution >= 0.6 is 0 Å². The zero-order valence-corrected chi connectivity index (χ0v) is 10.4. The zero-order valence-electron chi connectivity index (χ0n) is 10.4. The molecule has 3 nitrogen and oxygen atoms in total. The van der Waals surface area contributed by atoms with Crippen LogP contribution in [-0.4, -0.2) is 4.98 Å². The summed E-state index contributed by atoms with van der Waals surface area (Å²) >= 11 is 0. The van der Waals surface area contributed by atoms with E-state index in [1.807, 2.05) is 18.2 Å². The Morgan fingerprint density at radius 2 is 1.83 bits per heavy atom. The lowest BCUT2D eigenvalue weighted by Crippen LogP contribution is -2.08. The number of hydrogen-bond acceptors (Lipinski definition) is 2. The molecule has 18 heavy (non-hydrogen) atoms. The maximum atomic E-state index is 11.3. The van der Waals surface area contributed by atoms with Crippen LogP contribution in [0, 0.1) is 11.3 Å². The molecule has 1 heterocycles. The number of H-pyrrole nitrogens is 1. The van der Waals surface area contributed by atoms with Gasteiger partial charge in [0.25, 0.3) is 5.56 Å². The first-order valence-corrected chi connectivity index (χ1v) is 5.85. The number of pyridine rings is 1. The van der Waals surface area contributed by atoms with E-state index < -0.39 is 0 Å². The first-order chi connectivity index (χ1) is 8.61. The summed E-state index contributed by atoms with van der Waals surface area (Å²) in [5.41, 5.74) is 2.90. The molecule has 1 aromatic carbocycles. The number of aromatic amines is 1. The lowest BCUT2D eigenvalue weighted by Gasteiger charge is -2.07. The zero-order chi connectivity index (χ0) is 13.1. The van der Waals surface area contributed by atoms with Gasteiger partial charge in [-0.3, -0.25) is 4.79 Å². The minimum atomic E-state index is -0.347. The average Bonchev–Trinajstić information content (AvgIpc) is 2.39. The Kier molecular flexibility index (Phi) is 3.29. The van der Waals surface area contributed by atoms with E-state index in [1.165, 1.54) is 5.56 Å². The third-order valence-corrected chi connectivity index (χ3v) is 2.93. The summed E-state index contributed by atoms with van der Waals surface area (Å²) in [6.45, 7) is 4.28. The fourth-order valence-electron chi connectivity index (χ4n) is 1.79. The van der Waals surface area contributed by atoms with Crippen LogP contribution in [-0.2, 0) is 0 Å². The third-order valence-electron chi connectivity index (χ3n) is 2.93. The van der Waals surface area contributed by atoms with E-state index in [-0.39, 0.29) is 11.1 Å². The largest absolute Gasteiger partial charge is 0.327 e. The molecular weight excluding hydrogens is 224 g/mol. The molecule has 0 spiro atoms. The Bertz CT molecular complexity index is 645. The Labute approximate surface area is 106 Å². The van der Waals surface area contributed by atoms with Crippen molar-refractivity contribution in [2.75, 3.05) is 0 Å². The van der Waals surface area contributed by atoms with Crippen molar-refractivity contribution in [3.05, 3.63) is 58.0 Å². The Morgan fingerprint density at radius 3 is 2.39 bits per heavy atom. The summed E-state index contributed by atoms with van der Waals surface area (Å²) in [4.78, 5) is 13.9. The first-order valence-electron chi connectivity index (χ1n) is 5.85. The van der Waals surface area contributed by atoms with E-state index in [9.17, 15) is 4.79 Å². The topological polar surface area (TPSA) is 56.6 Å². The predicted octanol–water partition coefficient (Wildman–Crippen LogP) is 3.04. The molecule has 0 amide bonds. The van der Waals surface area contributed by atoms with Crippen molar-refractivity contribution in [3.63, 3.8) is 0 Å². The fraction of sp³-hybridized carbons (Fsp3) is 0.200. The fourth-order valence-corrected chi connectivity index (χ4v) is 1.79. The van der Waals surface area contributed by atoms with Gasteiger partial charge in [0.05, 0.1) is 0 Å². The normalized spacial score (nSPS) is 10.3. The highest BCUT2D eigenvalue weighted by Crippen LogP contribution is 2.21. The number of hydrogen-bond donors (Lipinski definition) is 1. The van der Waals surface area contributed by atoms with Crippen LogP contribution in [0.1, 0.15) is 30.9 Å². The van der Waals surface area contributed by atoms with Gasteiger partial charge < -0.3 is 4.98 Å². The van der Waals surface area contributed by atoms with Crippen molar-refractivity contribution in [2.24, 2.45) is 0 Å². The molecule has 0 unspecified atom stereocenters. The summed E-state index contributed by atoms with van der Waals surface area (Å²) in [6, 6.07) is 11.6. The number of benzene rings is 1. The summed E-state index contributed by atoms with van der Waals surface area (Å²) in [6.07, 6.45) is 1.63. The van der Waals surface area contributed by atoms with Crippen molar-refractivity contribution in [1.82, 2.24) is 4.98 Å². The highest BCUT2D eigenvalue weighted by molar-refractivity contribution is 5.64. The quantitative estimate of drug-likeness (QED) is 0.874. The maximum Gasteiger partial charge on any atom is 0.265 e. The molecule has 0 saturated carbocycles. The molecule has 2 rings (SSSR count). The van der Waals surface area contributed by atoms with E-state index in [1.54, 1.807) is 12.3 Å². The van der Waals surface area contributed by atoms with Crippen LogP contribution in [0.3, 0.4) is 0 Å². The lowest BCUT2D eigenvalue weighted by molar-refractivity contribution is 0.867. The van der Waals surface area contributed by atoms with Crippen LogP contribution in [0.15, 0.2) is 41.3 Å². The van der Waals surface area contributed by atoms with E-state index in [0.29, 0.717) is 5.92 Å². The molecule has 3 heteroatoms. The molecule has 0 aliphatic heterocycles. The first kappa shape index (κ1) is 12.1. The van der Waals surface area contributed by atoms with Crippen molar-refractivity contribution < 1.29 is 0 Å². The van der Waals surface area contributed by atoms with Gasteiger partial charge in [-0.15, -0.1) is 0 Å². The second-order valence-electron chi connectivity index (χ2n) is 4.52. The van der Waals surface area contributed by atoms with Gasteiger partial charge in [-0.2, -0.15) is 5.26 Å². The van der Waals surface area contributed by atoms with Crippen LogP contribution in [0.4, 0.5) is 0 Å².